The standard InChI is InChI=1S/C64H106O6/c1-4-7-10-13-16-19-22-25-26-27-28-29-30-31-32-33-34-35-36-37-38-40-42-45-48-51-54-57-63(66)69-60-61(59-68-62(65)56-53-50-47-44-41-24-21-18-15-12-9-6-3)70-64(67)58-55-52-49-46-43-39-23-20-17-14-11-8-5-2/h7-8,10-11,16-21,25-26,28-29,39,43,49,52,61H,4-6,9,12-15,22-24,27,30-38,40-42,44-48,50-51,53-60H2,1-3H3/b10-7-,11-8-,19-16-,20-17-,21-18-,26-25-,29-28-,43-39-,52-49-. The Morgan fingerprint density at radius 3 is 0.943 bits per heavy atom. The van der Waals surface area contributed by atoms with E-state index in [1.165, 1.54) is 109 Å². The average Bonchev–Trinajstić information content (AvgIpc) is 3.36. The van der Waals surface area contributed by atoms with Gasteiger partial charge in [0.25, 0.3) is 0 Å². The number of rotatable bonds is 51. The fourth-order valence-electron chi connectivity index (χ4n) is 7.74. The molecule has 0 saturated carbocycles. The highest BCUT2D eigenvalue weighted by Gasteiger charge is 2.19. The van der Waals surface area contributed by atoms with E-state index in [0.29, 0.717) is 19.3 Å². The van der Waals surface area contributed by atoms with Crippen LogP contribution in [0.2, 0.25) is 0 Å². The van der Waals surface area contributed by atoms with Gasteiger partial charge in [0.2, 0.25) is 0 Å². The van der Waals surface area contributed by atoms with Gasteiger partial charge in [-0.15, -0.1) is 0 Å². The van der Waals surface area contributed by atoms with E-state index >= 15 is 0 Å². The predicted octanol–water partition coefficient (Wildman–Crippen LogP) is 19.5. The van der Waals surface area contributed by atoms with Gasteiger partial charge in [-0.3, -0.25) is 14.4 Å². The summed E-state index contributed by atoms with van der Waals surface area (Å²) in [5.74, 6) is -1.00. The average molecular weight is 972 g/mol. The summed E-state index contributed by atoms with van der Waals surface area (Å²) >= 11 is 0. The first kappa shape index (κ1) is 66.1. The van der Waals surface area contributed by atoms with Gasteiger partial charge in [-0.25, -0.2) is 0 Å². The lowest BCUT2D eigenvalue weighted by Gasteiger charge is -2.18. The molecule has 0 saturated heterocycles. The molecule has 0 heterocycles. The van der Waals surface area contributed by atoms with Crippen LogP contribution in [0.4, 0.5) is 0 Å². The fourth-order valence-corrected chi connectivity index (χ4v) is 7.74. The Labute approximate surface area is 431 Å². The molecule has 0 aromatic carbocycles. The summed E-state index contributed by atoms with van der Waals surface area (Å²) in [5, 5.41) is 0. The van der Waals surface area contributed by atoms with E-state index < -0.39 is 12.1 Å². The maximum Gasteiger partial charge on any atom is 0.306 e. The highest BCUT2D eigenvalue weighted by atomic mass is 16.6. The number of carbonyl (C=O) groups is 3. The molecule has 0 amide bonds. The van der Waals surface area contributed by atoms with Gasteiger partial charge in [-0.05, 0) is 109 Å². The van der Waals surface area contributed by atoms with Crippen LogP contribution in [0, 0.1) is 0 Å². The first-order chi connectivity index (χ1) is 34.5. The van der Waals surface area contributed by atoms with Crippen molar-refractivity contribution in [3.63, 3.8) is 0 Å². The molecule has 0 radical (unpaired) electrons. The SMILES string of the molecule is CC/C=C\C/C=C\C/C=C\C/C=C\CCCCCCCCCCCCCCCCC(=O)OCC(COC(=O)CCCCCCC/C=C\CCCCC)OC(=O)CC/C=C\C/C=C\C/C=C\C/C=C\CC. The van der Waals surface area contributed by atoms with Crippen molar-refractivity contribution in [2.75, 3.05) is 13.2 Å². The minimum Gasteiger partial charge on any atom is -0.462 e. The Bertz CT molecular complexity index is 1440. The normalized spacial score (nSPS) is 12.9. The van der Waals surface area contributed by atoms with Crippen molar-refractivity contribution >= 4 is 17.9 Å². The maximum absolute atomic E-state index is 12.8. The Morgan fingerprint density at radius 1 is 0.300 bits per heavy atom. The molecule has 70 heavy (non-hydrogen) atoms. The number of carbonyl (C=O) groups excluding carboxylic acids is 3. The van der Waals surface area contributed by atoms with Crippen LogP contribution < -0.4 is 0 Å². The Kier molecular flexibility index (Phi) is 54.4. The van der Waals surface area contributed by atoms with Gasteiger partial charge in [0.15, 0.2) is 6.10 Å². The first-order valence-corrected chi connectivity index (χ1v) is 28.9. The molecule has 0 aromatic rings. The lowest BCUT2D eigenvalue weighted by atomic mass is 10.0. The lowest BCUT2D eigenvalue weighted by Crippen LogP contribution is -2.30. The lowest BCUT2D eigenvalue weighted by molar-refractivity contribution is -0.166. The molecule has 0 aromatic heterocycles. The minimum atomic E-state index is -0.820. The second-order valence-electron chi connectivity index (χ2n) is 18.8. The molecule has 0 aliphatic heterocycles. The van der Waals surface area contributed by atoms with E-state index in [9.17, 15) is 14.4 Å². The summed E-state index contributed by atoms with van der Waals surface area (Å²) in [7, 11) is 0. The molecule has 0 rings (SSSR count). The van der Waals surface area contributed by atoms with Crippen LogP contribution in [-0.4, -0.2) is 37.2 Å². The molecule has 0 N–H and O–H groups in total. The van der Waals surface area contributed by atoms with Gasteiger partial charge in [-0.2, -0.15) is 0 Å². The molecule has 1 atom stereocenters. The summed E-state index contributed by atoms with van der Waals surface area (Å²) in [6.45, 7) is 6.32. The molecule has 0 aliphatic carbocycles. The van der Waals surface area contributed by atoms with Crippen LogP contribution in [0.5, 0.6) is 0 Å². The number of allylic oxidation sites excluding steroid dienone is 18. The van der Waals surface area contributed by atoms with Crippen LogP contribution >= 0.6 is 0 Å². The third-order valence-electron chi connectivity index (χ3n) is 12.0. The van der Waals surface area contributed by atoms with E-state index in [1.54, 1.807) is 0 Å². The summed E-state index contributed by atoms with van der Waals surface area (Å²) in [6, 6.07) is 0. The van der Waals surface area contributed by atoms with Crippen LogP contribution in [0.25, 0.3) is 0 Å². The summed E-state index contributed by atoms with van der Waals surface area (Å²) < 4.78 is 16.7. The van der Waals surface area contributed by atoms with Crippen LogP contribution in [-0.2, 0) is 28.6 Å². The molecule has 0 aliphatic rings. The number of hydrogen-bond acceptors (Lipinski definition) is 6. The second kappa shape index (κ2) is 57.6. The van der Waals surface area contributed by atoms with Gasteiger partial charge in [0.05, 0.1) is 0 Å². The zero-order chi connectivity index (χ0) is 50.7. The Balaban J connectivity index is 4.27. The molecular weight excluding hydrogens is 865 g/mol. The highest BCUT2D eigenvalue weighted by molar-refractivity contribution is 5.71. The summed E-state index contributed by atoms with van der Waals surface area (Å²) in [4.78, 5) is 38.0. The van der Waals surface area contributed by atoms with Crippen LogP contribution in [0.15, 0.2) is 109 Å². The van der Waals surface area contributed by atoms with Gasteiger partial charge >= 0.3 is 17.9 Å². The van der Waals surface area contributed by atoms with Crippen molar-refractivity contribution in [3.8, 4) is 0 Å². The smallest absolute Gasteiger partial charge is 0.306 e. The van der Waals surface area contributed by atoms with Crippen LogP contribution in [0.3, 0.4) is 0 Å². The third kappa shape index (κ3) is 55.0. The van der Waals surface area contributed by atoms with Crippen LogP contribution in [0.1, 0.15) is 258 Å². The van der Waals surface area contributed by atoms with Gasteiger partial charge in [-0.1, -0.05) is 239 Å². The number of ether oxygens (including phenoxy) is 3. The number of hydrogen-bond donors (Lipinski definition) is 0. The molecule has 6 nitrogen and oxygen atoms in total. The van der Waals surface area contributed by atoms with Crippen molar-refractivity contribution in [3.05, 3.63) is 109 Å². The van der Waals surface area contributed by atoms with Gasteiger partial charge < -0.3 is 14.2 Å². The van der Waals surface area contributed by atoms with Gasteiger partial charge in [0.1, 0.15) is 13.2 Å². The Hall–Kier alpha value is -3.93. The molecular formula is C64H106O6. The summed E-state index contributed by atoms with van der Waals surface area (Å²) in [5.41, 5.74) is 0. The van der Waals surface area contributed by atoms with Crippen molar-refractivity contribution in [1.29, 1.82) is 0 Å². The van der Waals surface area contributed by atoms with Crippen molar-refractivity contribution in [2.24, 2.45) is 0 Å². The minimum absolute atomic E-state index is 0.110. The van der Waals surface area contributed by atoms with Crippen molar-refractivity contribution < 1.29 is 28.6 Å². The van der Waals surface area contributed by atoms with E-state index in [-0.39, 0.29) is 31.6 Å². The Morgan fingerprint density at radius 2 is 0.586 bits per heavy atom. The van der Waals surface area contributed by atoms with E-state index in [0.717, 1.165) is 103 Å². The molecule has 1 unspecified atom stereocenters. The quantitative estimate of drug-likeness (QED) is 0.0262. The monoisotopic (exact) mass is 971 g/mol. The summed E-state index contributed by atoms with van der Waals surface area (Å²) in [6.07, 6.45) is 78.2. The van der Waals surface area contributed by atoms with E-state index in [1.807, 2.05) is 12.2 Å². The van der Waals surface area contributed by atoms with E-state index in [4.69, 9.17) is 14.2 Å². The number of esters is 3. The topological polar surface area (TPSA) is 78.9 Å². The predicted molar refractivity (Wildman–Crippen MR) is 302 cm³/mol. The molecule has 6 heteroatoms. The van der Waals surface area contributed by atoms with Gasteiger partial charge in [0, 0.05) is 19.3 Å². The maximum atomic E-state index is 12.8. The molecule has 0 spiro atoms. The number of unbranched alkanes of at least 4 members (excludes halogenated alkanes) is 22. The largest absolute Gasteiger partial charge is 0.462 e. The van der Waals surface area contributed by atoms with E-state index in [2.05, 4.69) is 118 Å². The highest BCUT2D eigenvalue weighted by Crippen LogP contribution is 2.15. The zero-order valence-electron chi connectivity index (χ0n) is 45.5. The van der Waals surface area contributed by atoms with Crippen molar-refractivity contribution in [1.82, 2.24) is 0 Å². The fraction of sp³-hybridized carbons (Fsp3) is 0.672. The third-order valence-corrected chi connectivity index (χ3v) is 12.0. The molecule has 0 fully saturated rings. The zero-order valence-corrected chi connectivity index (χ0v) is 45.5. The first-order valence-electron chi connectivity index (χ1n) is 28.9. The second-order valence-corrected chi connectivity index (χ2v) is 18.8. The van der Waals surface area contributed by atoms with Crippen molar-refractivity contribution in [2.45, 2.75) is 264 Å². The molecule has 398 valence electrons. The molecule has 0 bridgehead atoms.